The van der Waals surface area contributed by atoms with Crippen LogP contribution >= 0.6 is 7.26 Å². The summed E-state index contributed by atoms with van der Waals surface area (Å²) in [5, 5.41) is 5.07. The van der Waals surface area contributed by atoms with Gasteiger partial charge in [-0.2, -0.15) is 14.0 Å². The van der Waals surface area contributed by atoms with Crippen LogP contribution in [0.25, 0.3) is 5.31 Å². The summed E-state index contributed by atoms with van der Waals surface area (Å²) >= 11 is 0. The Morgan fingerprint density at radius 3 is 1.15 bits per heavy atom. The fourth-order valence-electron chi connectivity index (χ4n) is 3.83. The highest BCUT2D eigenvalue weighted by molar-refractivity contribution is 8.03. The first kappa shape index (κ1) is 24.6. The van der Waals surface area contributed by atoms with Gasteiger partial charge in [0.2, 0.25) is 0 Å². The van der Waals surface area contributed by atoms with Crippen LogP contribution in [0.4, 0.5) is 0 Å². The SMILES string of the molecule is N/C=C(\c1ccccc1)[P+](c1ccccc1)(c1ccccc1)c1ccccc1.[O-][Cl+3]([O-])([O-])O. The van der Waals surface area contributed by atoms with Crippen LogP contribution in [0, 0.1) is 10.2 Å². The highest BCUT2D eigenvalue weighted by atomic mass is 35.7. The lowest BCUT2D eigenvalue weighted by atomic mass is 10.2. The Hall–Kier alpha value is -3.02. The molecule has 4 rings (SSSR count). The Balaban J connectivity index is 0.000000555. The number of rotatable bonds is 5. The van der Waals surface area contributed by atoms with Crippen LogP contribution in [0.1, 0.15) is 5.56 Å². The number of hydrogen-bond donors (Lipinski definition) is 2. The van der Waals surface area contributed by atoms with Crippen LogP contribution in [0.3, 0.4) is 0 Å². The second-order valence-electron chi connectivity index (χ2n) is 6.99. The molecular formula is C26H24ClNO4P+. The number of nitrogens with two attached hydrogens (primary N) is 1. The summed E-state index contributed by atoms with van der Waals surface area (Å²) in [5.41, 5.74) is 7.53. The lowest BCUT2D eigenvalue weighted by Crippen LogP contribution is -2.58. The van der Waals surface area contributed by atoms with Gasteiger partial charge in [-0.25, -0.2) is 0 Å². The second kappa shape index (κ2) is 11.2. The highest BCUT2D eigenvalue weighted by Gasteiger charge is 2.49. The van der Waals surface area contributed by atoms with Gasteiger partial charge in [-0.05, 0) is 36.4 Å². The van der Waals surface area contributed by atoms with Crippen molar-refractivity contribution >= 4 is 28.5 Å². The maximum Gasteiger partial charge on any atom is 0.146 e. The van der Waals surface area contributed by atoms with Crippen LogP contribution < -0.4 is 35.6 Å². The van der Waals surface area contributed by atoms with Gasteiger partial charge >= 0.3 is 0 Å². The van der Waals surface area contributed by atoms with Crippen LogP contribution in [0.5, 0.6) is 0 Å². The Morgan fingerprint density at radius 2 is 0.879 bits per heavy atom. The van der Waals surface area contributed by atoms with E-state index in [0.29, 0.717) is 0 Å². The minimum Gasteiger partial charge on any atom is -0.401 e. The van der Waals surface area contributed by atoms with E-state index in [-0.39, 0.29) is 0 Å². The van der Waals surface area contributed by atoms with Crippen LogP contribution in [0.15, 0.2) is 128 Å². The van der Waals surface area contributed by atoms with E-state index in [4.69, 9.17) is 24.4 Å². The van der Waals surface area contributed by atoms with Crippen molar-refractivity contribution in [3.63, 3.8) is 0 Å². The minimum absolute atomic E-state index is 1.16. The summed E-state index contributed by atoms with van der Waals surface area (Å²) in [4.78, 5) is 0. The van der Waals surface area contributed by atoms with Gasteiger partial charge in [-0.15, -0.1) is 0 Å². The smallest absolute Gasteiger partial charge is 0.146 e. The van der Waals surface area contributed by atoms with E-state index in [1.165, 1.54) is 21.2 Å². The maximum absolute atomic E-state index is 8.60. The molecule has 0 saturated heterocycles. The molecule has 168 valence electrons. The van der Waals surface area contributed by atoms with Gasteiger partial charge in [-0.3, -0.25) is 0 Å². The van der Waals surface area contributed by atoms with Gasteiger partial charge in [0.1, 0.15) is 28.5 Å². The van der Waals surface area contributed by atoms with Gasteiger partial charge in [0.25, 0.3) is 0 Å². The third kappa shape index (κ3) is 6.06. The first-order chi connectivity index (χ1) is 15.9. The van der Waals surface area contributed by atoms with E-state index in [2.05, 4.69) is 115 Å². The molecule has 0 aromatic heterocycles. The average molecular weight is 481 g/mol. The standard InChI is InChI=1S/C26H23NP.ClHO4/c27-21-26(22-13-5-1-6-14-22)28(23-15-7-2-8-16-23,24-17-9-3-10-18-24)25-19-11-4-12-20-25;2-1(3,4)5/h1-21H,27H2;(H,2,3,4,5)/q+1;/b26-21+;. The summed E-state index contributed by atoms with van der Waals surface area (Å²) in [6, 6.07) is 42.9. The molecule has 0 fully saturated rings. The topological polar surface area (TPSA) is 115 Å². The highest BCUT2D eigenvalue weighted by Crippen LogP contribution is 2.65. The maximum atomic E-state index is 8.60. The Labute approximate surface area is 196 Å². The molecule has 4 aromatic carbocycles. The molecule has 0 aliphatic rings. The lowest BCUT2D eigenvalue weighted by molar-refractivity contribution is -1.92. The van der Waals surface area contributed by atoms with Crippen molar-refractivity contribution in [2.45, 2.75) is 0 Å². The Kier molecular flexibility index (Phi) is 8.37. The van der Waals surface area contributed by atoms with Crippen molar-refractivity contribution < 1.29 is 28.9 Å². The first-order valence-electron chi connectivity index (χ1n) is 10.0. The molecule has 3 N–H and O–H groups in total. The molecule has 33 heavy (non-hydrogen) atoms. The first-order valence-corrected chi connectivity index (χ1v) is 13.1. The van der Waals surface area contributed by atoms with E-state index >= 15 is 0 Å². The molecule has 0 spiro atoms. The van der Waals surface area contributed by atoms with Crippen LogP contribution in [0.2, 0.25) is 0 Å². The van der Waals surface area contributed by atoms with Crippen molar-refractivity contribution in [1.82, 2.24) is 0 Å². The van der Waals surface area contributed by atoms with E-state index in [0.717, 1.165) is 5.56 Å². The van der Waals surface area contributed by atoms with E-state index in [1.54, 1.807) is 0 Å². The quantitative estimate of drug-likeness (QED) is 0.410. The summed E-state index contributed by atoms with van der Waals surface area (Å²) in [6.07, 6.45) is 1.82. The van der Waals surface area contributed by atoms with E-state index in [1.807, 2.05) is 12.3 Å². The molecule has 5 nitrogen and oxygen atoms in total. The predicted molar refractivity (Wildman–Crippen MR) is 126 cm³/mol. The largest absolute Gasteiger partial charge is 0.401 e. The second-order valence-corrected chi connectivity index (χ2v) is 11.2. The van der Waals surface area contributed by atoms with Crippen LogP contribution in [-0.4, -0.2) is 4.66 Å². The zero-order valence-corrected chi connectivity index (χ0v) is 19.3. The third-order valence-electron chi connectivity index (χ3n) is 5.02. The van der Waals surface area contributed by atoms with Crippen molar-refractivity contribution in [1.29, 1.82) is 0 Å². The third-order valence-corrected chi connectivity index (χ3v) is 9.37. The molecule has 0 radical (unpaired) electrons. The van der Waals surface area contributed by atoms with Crippen molar-refractivity contribution in [2.24, 2.45) is 5.73 Å². The molecule has 0 aliphatic carbocycles. The molecule has 0 heterocycles. The number of halogens is 1. The van der Waals surface area contributed by atoms with Gasteiger partial charge < -0.3 is 5.73 Å². The molecule has 7 heteroatoms. The van der Waals surface area contributed by atoms with Crippen molar-refractivity contribution in [3.8, 4) is 0 Å². The van der Waals surface area contributed by atoms with Gasteiger partial charge in [0.15, 0.2) is 0 Å². The van der Waals surface area contributed by atoms with E-state index < -0.39 is 17.5 Å². The summed E-state index contributed by atoms with van der Waals surface area (Å²) in [5.74, 6) is 0. The Morgan fingerprint density at radius 1 is 0.606 bits per heavy atom. The summed E-state index contributed by atoms with van der Waals surface area (Å²) in [6.45, 7) is 0. The van der Waals surface area contributed by atoms with Gasteiger partial charge in [-0.1, -0.05) is 84.9 Å². The zero-order valence-electron chi connectivity index (χ0n) is 17.7. The monoisotopic (exact) mass is 480 g/mol. The Bertz CT molecular complexity index is 1050. The van der Waals surface area contributed by atoms with Crippen molar-refractivity contribution in [3.05, 3.63) is 133 Å². The average Bonchev–Trinajstić information content (AvgIpc) is 2.84. The fourth-order valence-corrected chi connectivity index (χ4v) is 8.18. The summed E-state index contributed by atoms with van der Waals surface area (Å²) in [7, 11) is -6.84. The van der Waals surface area contributed by atoms with Gasteiger partial charge in [0.05, 0.1) is 14.9 Å². The molecule has 0 atom stereocenters. The molecule has 4 aromatic rings. The van der Waals surface area contributed by atoms with Crippen LogP contribution in [-0.2, 0) is 0 Å². The molecular weight excluding hydrogens is 457 g/mol. The minimum atomic E-state index is -4.69. The van der Waals surface area contributed by atoms with E-state index in [9.17, 15) is 0 Å². The molecule has 0 unspecified atom stereocenters. The molecule has 0 aliphatic heterocycles. The number of hydrogen-bond acceptors (Lipinski definition) is 5. The number of benzene rings is 4. The fraction of sp³-hybridized carbons (Fsp3) is 0. The normalized spacial score (nSPS) is 11.9. The molecule has 0 amide bonds. The zero-order chi connectivity index (χ0) is 23.7. The molecule has 0 bridgehead atoms. The van der Waals surface area contributed by atoms with Gasteiger partial charge in [0, 0.05) is 11.8 Å². The molecule has 0 saturated carbocycles. The predicted octanol–water partition coefficient (Wildman–Crippen LogP) is 0.814. The lowest BCUT2D eigenvalue weighted by Gasteiger charge is -2.29. The van der Waals surface area contributed by atoms with Crippen molar-refractivity contribution in [2.75, 3.05) is 0 Å². The summed E-state index contributed by atoms with van der Waals surface area (Å²) < 4.78 is 32.7.